The fourth-order valence-electron chi connectivity index (χ4n) is 2.03. The van der Waals surface area contributed by atoms with Crippen LogP contribution in [0, 0.1) is 12.7 Å². The van der Waals surface area contributed by atoms with Gasteiger partial charge in [-0.15, -0.1) is 0 Å². The normalized spacial score (nSPS) is 11.4. The van der Waals surface area contributed by atoms with Crippen LogP contribution in [-0.2, 0) is 16.6 Å². The molecule has 2 aromatic rings. The van der Waals surface area contributed by atoms with Gasteiger partial charge >= 0.3 is 5.97 Å². The summed E-state index contributed by atoms with van der Waals surface area (Å²) < 4.78 is 42.5. The molecule has 1 aromatic carbocycles. The van der Waals surface area contributed by atoms with E-state index in [0.29, 0.717) is 6.54 Å². The van der Waals surface area contributed by atoms with Crippen molar-refractivity contribution in [3.63, 3.8) is 0 Å². The molecule has 0 amide bonds. The molecule has 2 N–H and O–H groups in total. The maximum absolute atomic E-state index is 13.8. The number of carboxylic acids is 1. The fraction of sp³-hybridized carbons (Fsp3) is 0.286. The fourth-order valence-corrected chi connectivity index (χ4v) is 3.34. The van der Waals surface area contributed by atoms with Gasteiger partial charge in [0, 0.05) is 18.3 Å². The average molecular weight is 341 g/mol. The van der Waals surface area contributed by atoms with Crippen LogP contribution in [0.2, 0.25) is 0 Å². The standard InChI is InChI=1S/C14H16FN3O4S/c1-3-4-18-8-11(7-16-18)17-23(21,22)13-6-10(14(19)20)5-12(15)9(13)2/h5-8,17H,3-4H2,1-2H3,(H,19,20). The molecule has 0 radical (unpaired) electrons. The highest BCUT2D eigenvalue weighted by molar-refractivity contribution is 7.92. The molecule has 124 valence electrons. The van der Waals surface area contributed by atoms with E-state index in [9.17, 15) is 17.6 Å². The predicted octanol–water partition coefficient (Wildman–Crippen LogP) is 2.24. The molecule has 0 bridgehead atoms. The molecule has 0 unspecified atom stereocenters. The summed E-state index contributed by atoms with van der Waals surface area (Å²) in [5.74, 6) is -2.30. The van der Waals surface area contributed by atoms with E-state index < -0.39 is 32.3 Å². The van der Waals surface area contributed by atoms with Gasteiger partial charge in [0.1, 0.15) is 5.82 Å². The maximum Gasteiger partial charge on any atom is 0.335 e. The summed E-state index contributed by atoms with van der Waals surface area (Å²) in [7, 11) is -4.13. The van der Waals surface area contributed by atoms with Crippen LogP contribution in [0.5, 0.6) is 0 Å². The van der Waals surface area contributed by atoms with Crippen molar-refractivity contribution in [1.82, 2.24) is 9.78 Å². The highest BCUT2D eigenvalue weighted by Crippen LogP contribution is 2.23. The summed E-state index contributed by atoms with van der Waals surface area (Å²) in [5, 5.41) is 12.9. The zero-order valence-electron chi connectivity index (χ0n) is 12.6. The number of rotatable bonds is 6. The Hall–Kier alpha value is -2.42. The molecule has 0 saturated heterocycles. The Balaban J connectivity index is 2.40. The summed E-state index contributed by atoms with van der Waals surface area (Å²) >= 11 is 0. The molecule has 0 aliphatic heterocycles. The molecule has 2 rings (SSSR count). The molecule has 0 fully saturated rings. The minimum absolute atomic E-state index is 0.150. The van der Waals surface area contributed by atoms with Crippen LogP contribution >= 0.6 is 0 Å². The molecular weight excluding hydrogens is 325 g/mol. The quantitative estimate of drug-likeness (QED) is 0.839. The first-order chi connectivity index (χ1) is 10.7. The monoisotopic (exact) mass is 341 g/mol. The second kappa shape index (κ2) is 6.37. The van der Waals surface area contributed by atoms with Crippen molar-refractivity contribution >= 4 is 21.7 Å². The van der Waals surface area contributed by atoms with Gasteiger partial charge in [0.2, 0.25) is 0 Å². The first-order valence-electron chi connectivity index (χ1n) is 6.83. The highest BCUT2D eigenvalue weighted by Gasteiger charge is 2.22. The van der Waals surface area contributed by atoms with Crippen LogP contribution < -0.4 is 4.72 Å². The molecule has 9 heteroatoms. The third-order valence-corrected chi connectivity index (χ3v) is 4.68. The van der Waals surface area contributed by atoms with Crippen molar-refractivity contribution in [2.45, 2.75) is 31.7 Å². The van der Waals surface area contributed by atoms with E-state index in [4.69, 9.17) is 5.11 Å². The predicted molar refractivity (Wildman–Crippen MR) is 81.4 cm³/mol. The molecule has 0 aliphatic rings. The minimum Gasteiger partial charge on any atom is -0.478 e. The molecule has 0 saturated carbocycles. The molecule has 7 nitrogen and oxygen atoms in total. The third kappa shape index (κ3) is 3.67. The summed E-state index contributed by atoms with van der Waals surface area (Å²) in [6.45, 7) is 3.86. The van der Waals surface area contributed by atoms with Crippen molar-refractivity contribution in [3.8, 4) is 0 Å². The molecule has 23 heavy (non-hydrogen) atoms. The number of carbonyl (C=O) groups is 1. The van der Waals surface area contributed by atoms with Crippen molar-refractivity contribution in [1.29, 1.82) is 0 Å². The molecule has 0 atom stereocenters. The van der Waals surface area contributed by atoms with E-state index in [0.717, 1.165) is 18.6 Å². The molecule has 0 spiro atoms. The number of carboxylic acid groups (broad SMARTS) is 1. The van der Waals surface area contributed by atoms with Gasteiger partial charge in [0.25, 0.3) is 10.0 Å². The van der Waals surface area contributed by atoms with E-state index in [2.05, 4.69) is 9.82 Å². The molecular formula is C14H16FN3O4S. The van der Waals surface area contributed by atoms with Gasteiger partial charge in [-0.1, -0.05) is 6.92 Å². The van der Waals surface area contributed by atoms with Gasteiger partial charge in [-0.25, -0.2) is 17.6 Å². The number of sulfonamides is 1. The van der Waals surface area contributed by atoms with Crippen LogP contribution in [0.3, 0.4) is 0 Å². The van der Waals surface area contributed by atoms with Gasteiger partial charge in [-0.3, -0.25) is 9.40 Å². The number of aromatic carboxylic acids is 1. The number of hydrogen-bond donors (Lipinski definition) is 2. The van der Waals surface area contributed by atoms with Crippen molar-refractivity contribution in [3.05, 3.63) is 41.5 Å². The average Bonchev–Trinajstić information content (AvgIpc) is 2.88. The van der Waals surface area contributed by atoms with E-state index >= 15 is 0 Å². The number of nitrogens with zero attached hydrogens (tertiary/aromatic N) is 2. The third-order valence-electron chi connectivity index (χ3n) is 3.17. The van der Waals surface area contributed by atoms with Gasteiger partial charge in [-0.05, 0) is 25.5 Å². The van der Waals surface area contributed by atoms with E-state index in [1.807, 2.05) is 6.92 Å². The summed E-state index contributed by atoms with van der Waals surface area (Å²) in [4.78, 5) is 10.6. The smallest absolute Gasteiger partial charge is 0.335 e. The second-order valence-corrected chi connectivity index (χ2v) is 6.63. The number of aromatic nitrogens is 2. The number of benzene rings is 1. The molecule has 0 aliphatic carbocycles. The Labute approximate surface area is 132 Å². The van der Waals surface area contributed by atoms with Crippen molar-refractivity contribution in [2.75, 3.05) is 4.72 Å². The van der Waals surface area contributed by atoms with Gasteiger partial charge < -0.3 is 5.11 Å². The number of nitrogens with one attached hydrogen (secondary N) is 1. The van der Waals surface area contributed by atoms with Crippen LogP contribution in [0.15, 0.2) is 29.4 Å². The lowest BCUT2D eigenvalue weighted by Gasteiger charge is -2.10. The molecule has 1 aromatic heterocycles. The van der Waals surface area contributed by atoms with Crippen molar-refractivity contribution < 1.29 is 22.7 Å². The summed E-state index contributed by atoms with van der Waals surface area (Å²) in [6.07, 6.45) is 3.67. The molecule has 1 heterocycles. The Morgan fingerprint density at radius 1 is 1.43 bits per heavy atom. The van der Waals surface area contributed by atoms with Gasteiger partial charge in [-0.2, -0.15) is 5.10 Å². The van der Waals surface area contributed by atoms with E-state index in [-0.39, 0.29) is 11.3 Å². The highest BCUT2D eigenvalue weighted by atomic mass is 32.2. The van der Waals surface area contributed by atoms with Crippen LogP contribution in [-0.4, -0.2) is 29.3 Å². The number of hydrogen-bond acceptors (Lipinski definition) is 4. The van der Waals surface area contributed by atoms with E-state index in [1.54, 1.807) is 4.68 Å². The van der Waals surface area contributed by atoms with Gasteiger partial charge in [0.05, 0.1) is 22.3 Å². The summed E-state index contributed by atoms with van der Waals surface area (Å²) in [5.41, 5.74) is -0.363. The van der Waals surface area contributed by atoms with Gasteiger partial charge in [0.15, 0.2) is 0 Å². The SMILES string of the molecule is CCCn1cc(NS(=O)(=O)c2cc(C(=O)O)cc(F)c2C)cn1. The second-order valence-electron chi connectivity index (χ2n) is 4.98. The maximum atomic E-state index is 13.8. The Morgan fingerprint density at radius 3 is 2.74 bits per heavy atom. The Kier molecular flexibility index (Phi) is 4.69. The zero-order valence-corrected chi connectivity index (χ0v) is 13.4. The Bertz CT molecular complexity index is 846. The topological polar surface area (TPSA) is 101 Å². The van der Waals surface area contributed by atoms with E-state index in [1.165, 1.54) is 19.3 Å². The Morgan fingerprint density at radius 2 is 2.13 bits per heavy atom. The lowest BCUT2D eigenvalue weighted by atomic mass is 10.1. The number of halogens is 1. The van der Waals surface area contributed by atoms with Crippen LogP contribution in [0.1, 0.15) is 29.3 Å². The zero-order chi connectivity index (χ0) is 17.2. The minimum atomic E-state index is -4.13. The summed E-state index contributed by atoms with van der Waals surface area (Å²) in [6, 6.07) is 1.72. The first kappa shape index (κ1) is 16.9. The van der Waals surface area contributed by atoms with Crippen LogP contribution in [0.25, 0.3) is 0 Å². The largest absolute Gasteiger partial charge is 0.478 e. The lowest BCUT2D eigenvalue weighted by Crippen LogP contribution is -2.16. The number of aryl methyl sites for hydroxylation is 1. The van der Waals surface area contributed by atoms with Crippen molar-refractivity contribution in [2.24, 2.45) is 0 Å². The lowest BCUT2D eigenvalue weighted by molar-refractivity contribution is 0.0696. The first-order valence-corrected chi connectivity index (χ1v) is 8.31. The number of anilines is 1. The van der Waals surface area contributed by atoms with Crippen LogP contribution in [0.4, 0.5) is 10.1 Å².